The third-order valence-corrected chi connectivity index (χ3v) is 5.47. The van der Waals surface area contributed by atoms with Crippen molar-refractivity contribution in [2.24, 2.45) is 0 Å². The van der Waals surface area contributed by atoms with E-state index in [0.29, 0.717) is 22.9 Å². The van der Waals surface area contributed by atoms with Crippen LogP contribution in [0, 0.1) is 0 Å². The van der Waals surface area contributed by atoms with Gasteiger partial charge in [-0.25, -0.2) is 4.79 Å². The predicted octanol–water partition coefficient (Wildman–Crippen LogP) is 4.87. The first kappa shape index (κ1) is 21.2. The quantitative estimate of drug-likeness (QED) is 0.632. The molecule has 1 aliphatic heterocycles. The summed E-state index contributed by atoms with van der Waals surface area (Å²) in [5.41, 5.74) is 1.23. The third kappa shape index (κ3) is 5.51. The van der Waals surface area contributed by atoms with Gasteiger partial charge in [-0.2, -0.15) is 0 Å². The van der Waals surface area contributed by atoms with Crippen molar-refractivity contribution in [3.05, 3.63) is 64.7 Å². The molecule has 2 atom stereocenters. The number of esters is 1. The normalized spacial score (nSPS) is 18.9. The maximum absolute atomic E-state index is 12.6. The lowest BCUT2D eigenvalue weighted by molar-refractivity contribution is -0.140. The molecule has 0 aromatic heterocycles. The molecule has 0 radical (unpaired) electrons. The first-order valence-electron chi connectivity index (χ1n) is 9.90. The molecule has 29 heavy (non-hydrogen) atoms. The highest BCUT2D eigenvalue weighted by atomic mass is 35.5. The fourth-order valence-corrected chi connectivity index (χ4v) is 3.82. The van der Waals surface area contributed by atoms with E-state index in [2.05, 4.69) is 0 Å². The van der Waals surface area contributed by atoms with Crippen LogP contribution in [0.3, 0.4) is 0 Å². The van der Waals surface area contributed by atoms with Crippen molar-refractivity contribution < 1.29 is 19.1 Å². The number of amides is 1. The Hall–Kier alpha value is -2.53. The Labute approximate surface area is 176 Å². The Morgan fingerprint density at radius 1 is 1.03 bits per heavy atom. The van der Waals surface area contributed by atoms with Gasteiger partial charge < -0.3 is 14.4 Å². The van der Waals surface area contributed by atoms with E-state index in [9.17, 15) is 9.59 Å². The standard InChI is InChI=1S/C23H26ClNO4/c1-16-6-5-7-17(2)25(16)22(26)15-29-23(27)20-8-3-4-9-21(20)28-14-18-10-12-19(24)13-11-18/h3-4,8-13,16-17H,5-7,14-15H2,1-2H3/t16-,17-/m1/s1. The Balaban J connectivity index is 1.60. The van der Waals surface area contributed by atoms with E-state index in [-0.39, 0.29) is 24.6 Å². The van der Waals surface area contributed by atoms with Gasteiger partial charge in [0.05, 0.1) is 0 Å². The van der Waals surface area contributed by atoms with E-state index in [1.807, 2.05) is 30.9 Å². The van der Waals surface area contributed by atoms with Gasteiger partial charge in [0.15, 0.2) is 6.61 Å². The lowest BCUT2D eigenvalue weighted by atomic mass is 9.97. The Kier molecular flexibility index (Phi) is 7.15. The number of para-hydroxylation sites is 1. The second-order valence-electron chi connectivity index (χ2n) is 7.42. The van der Waals surface area contributed by atoms with Crippen LogP contribution in [-0.2, 0) is 16.1 Å². The fourth-order valence-electron chi connectivity index (χ4n) is 3.70. The van der Waals surface area contributed by atoms with Crippen molar-refractivity contribution in [1.29, 1.82) is 0 Å². The molecule has 1 fully saturated rings. The van der Waals surface area contributed by atoms with Crippen LogP contribution in [0.25, 0.3) is 0 Å². The Bertz CT molecular complexity index is 842. The van der Waals surface area contributed by atoms with Gasteiger partial charge in [-0.3, -0.25) is 4.79 Å². The molecule has 3 rings (SSSR count). The number of halogens is 1. The number of ether oxygens (including phenoxy) is 2. The molecule has 1 saturated heterocycles. The first-order chi connectivity index (χ1) is 14.0. The van der Waals surface area contributed by atoms with Crippen LogP contribution in [0.5, 0.6) is 5.75 Å². The molecule has 0 unspecified atom stereocenters. The van der Waals surface area contributed by atoms with E-state index in [0.717, 1.165) is 24.8 Å². The molecule has 0 saturated carbocycles. The first-order valence-corrected chi connectivity index (χ1v) is 10.3. The van der Waals surface area contributed by atoms with Gasteiger partial charge in [-0.05, 0) is 62.9 Å². The number of carbonyl (C=O) groups is 2. The van der Waals surface area contributed by atoms with E-state index in [1.54, 1.807) is 36.4 Å². The zero-order valence-corrected chi connectivity index (χ0v) is 17.5. The number of rotatable bonds is 6. The minimum atomic E-state index is -0.567. The molecule has 1 aliphatic rings. The van der Waals surface area contributed by atoms with Gasteiger partial charge in [0, 0.05) is 17.1 Å². The SMILES string of the molecule is C[C@@H]1CCC[C@@H](C)N1C(=O)COC(=O)c1ccccc1OCc1ccc(Cl)cc1. The summed E-state index contributed by atoms with van der Waals surface area (Å²) in [6, 6.07) is 14.5. The van der Waals surface area contributed by atoms with Crippen LogP contribution in [0.4, 0.5) is 0 Å². The second kappa shape index (κ2) is 9.79. The van der Waals surface area contributed by atoms with Gasteiger partial charge in [0.25, 0.3) is 5.91 Å². The zero-order valence-electron chi connectivity index (χ0n) is 16.8. The Morgan fingerprint density at radius 3 is 2.38 bits per heavy atom. The molecule has 1 amide bonds. The topological polar surface area (TPSA) is 55.8 Å². The highest BCUT2D eigenvalue weighted by molar-refractivity contribution is 6.30. The molecule has 6 heteroatoms. The van der Waals surface area contributed by atoms with Crippen molar-refractivity contribution in [2.45, 2.75) is 51.8 Å². The second-order valence-corrected chi connectivity index (χ2v) is 7.85. The summed E-state index contributed by atoms with van der Waals surface area (Å²) in [5.74, 6) is -0.306. The summed E-state index contributed by atoms with van der Waals surface area (Å²) in [4.78, 5) is 27.0. The van der Waals surface area contributed by atoms with Crippen molar-refractivity contribution in [3.63, 3.8) is 0 Å². The number of piperidine rings is 1. The highest BCUT2D eigenvalue weighted by Gasteiger charge is 2.29. The molecular formula is C23H26ClNO4. The predicted molar refractivity (Wildman–Crippen MR) is 112 cm³/mol. The summed E-state index contributed by atoms with van der Waals surface area (Å²) in [6.45, 7) is 4.10. The van der Waals surface area contributed by atoms with E-state index >= 15 is 0 Å². The highest BCUT2D eigenvalue weighted by Crippen LogP contribution is 2.24. The average molecular weight is 416 g/mol. The van der Waals surface area contributed by atoms with Crippen LogP contribution in [0.2, 0.25) is 5.02 Å². The number of nitrogens with zero attached hydrogens (tertiary/aromatic N) is 1. The summed E-state index contributed by atoms with van der Waals surface area (Å²) >= 11 is 5.90. The van der Waals surface area contributed by atoms with Gasteiger partial charge in [-0.15, -0.1) is 0 Å². The van der Waals surface area contributed by atoms with Crippen LogP contribution >= 0.6 is 11.6 Å². The molecule has 154 valence electrons. The largest absolute Gasteiger partial charge is 0.488 e. The average Bonchev–Trinajstić information content (AvgIpc) is 2.71. The molecular weight excluding hydrogens is 390 g/mol. The monoisotopic (exact) mass is 415 g/mol. The maximum atomic E-state index is 12.6. The lowest BCUT2D eigenvalue weighted by Crippen LogP contribution is -2.49. The Morgan fingerprint density at radius 2 is 1.69 bits per heavy atom. The van der Waals surface area contributed by atoms with Gasteiger partial charge >= 0.3 is 5.97 Å². The fraction of sp³-hybridized carbons (Fsp3) is 0.391. The van der Waals surface area contributed by atoms with Crippen LogP contribution in [0.15, 0.2) is 48.5 Å². The van der Waals surface area contributed by atoms with E-state index in [4.69, 9.17) is 21.1 Å². The van der Waals surface area contributed by atoms with Crippen LogP contribution in [-0.4, -0.2) is 35.5 Å². The minimum absolute atomic E-state index is 0.155. The third-order valence-electron chi connectivity index (χ3n) is 5.22. The van der Waals surface area contributed by atoms with Gasteiger partial charge in [-0.1, -0.05) is 35.9 Å². The molecule has 2 aromatic rings. The number of hydrogen-bond acceptors (Lipinski definition) is 4. The summed E-state index contributed by atoms with van der Waals surface area (Å²) in [5, 5.41) is 0.653. The molecule has 2 aromatic carbocycles. The lowest BCUT2D eigenvalue weighted by Gasteiger charge is -2.38. The van der Waals surface area contributed by atoms with Crippen molar-refractivity contribution in [3.8, 4) is 5.75 Å². The van der Waals surface area contributed by atoms with Gasteiger partial charge in [0.2, 0.25) is 0 Å². The molecule has 1 heterocycles. The zero-order chi connectivity index (χ0) is 20.8. The summed E-state index contributed by atoms with van der Waals surface area (Å²) in [6.07, 6.45) is 3.07. The number of hydrogen-bond donors (Lipinski definition) is 0. The van der Waals surface area contributed by atoms with Gasteiger partial charge in [0.1, 0.15) is 17.9 Å². The van der Waals surface area contributed by atoms with Crippen molar-refractivity contribution >= 4 is 23.5 Å². The van der Waals surface area contributed by atoms with E-state index in [1.165, 1.54) is 0 Å². The van der Waals surface area contributed by atoms with Crippen LogP contribution < -0.4 is 4.74 Å². The summed E-state index contributed by atoms with van der Waals surface area (Å²) in [7, 11) is 0. The van der Waals surface area contributed by atoms with E-state index < -0.39 is 5.97 Å². The van der Waals surface area contributed by atoms with Crippen LogP contribution in [0.1, 0.15) is 49.0 Å². The maximum Gasteiger partial charge on any atom is 0.342 e. The minimum Gasteiger partial charge on any atom is -0.488 e. The molecule has 5 nitrogen and oxygen atoms in total. The van der Waals surface area contributed by atoms with Crippen molar-refractivity contribution in [1.82, 2.24) is 4.90 Å². The molecule has 0 aliphatic carbocycles. The molecule has 0 N–H and O–H groups in total. The van der Waals surface area contributed by atoms with Crippen molar-refractivity contribution in [2.75, 3.05) is 6.61 Å². The number of likely N-dealkylation sites (tertiary alicyclic amines) is 1. The number of carbonyl (C=O) groups excluding carboxylic acids is 2. The number of benzene rings is 2. The molecule has 0 bridgehead atoms. The molecule has 0 spiro atoms. The summed E-state index contributed by atoms with van der Waals surface area (Å²) < 4.78 is 11.1. The smallest absolute Gasteiger partial charge is 0.342 e.